The second kappa shape index (κ2) is 13.5. The predicted molar refractivity (Wildman–Crippen MR) is 190 cm³/mol. The lowest BCUT2D eigenvalue weighted by molar-refractivity contribution is -0.136. The molecule has 1 unspecified atom stereocenters. The van der Waals surface area contributed by atoms with E-state index in [-0.39, 0.29) is 48.4 Å². The maximum absolute atomic E-state index is 15.3. The number of fused-ring (bicyclic) bond motifs is 2. The first-order valence-corrected chi connectivity index (χ1v) is 17.7. The number of aromatic hydroxyl groups is 1. The van der Waals surface area contributed by atoms with E-state index < -0.39 is 23.7 Å². The van der Waals surface area contributed by atoms with E-state index in [2.05, 4.69) is 70.7 Å². The van der Waals surface area contributed by atoms with Gasteiger partial charge in [0.2, 0.25) is 11.8 Å². The Morgan fingerprint density at radius 2 is 1.69 bits per heavy atom. The number of carbonyl (C=O) groups is 3. The van der Waals surface area contributed by atoms with Crippen LogP contribution in [0.1, 0.15) is 75.7 Å². The minimum Gasteiger partial charge on any atom is -0.508 e. The van der Waals surface area contributed by atoms with Crippen molar-refractivity contribution < 1.29 is 28.6 Å². The van der Waals surface area contributed by atoms with E-state index >= 15 is 4.39 Å². The van der Waals surface area contributed by atoms with Crippen LogP contribution in [-0.2, 0) is 22.7 Å². The number of ether oxygens (including phenoxy) is 1. The standard InChI is InChI=1S/C41H41FN4O5/c1-44(22-25-19-28-23-46(41(50)39(28)34(42)20-25)35-13-14-37(48)43-40(35)49)29-15-17-45(18-16-29)30-9-7-27(8-10-30)38-32-12-11-31(47)21-36(32)51-24-33(38)26-5-3-2-4-6-26/h2-12,19-21,29,33,35,38,47H,13-18,22-24H2,1H3,(H,43,48,49)/t33-,35?,38-/m1/s1. The van der Waals surface area contributed by atoms with Crippen LogP contribution in [0.4, 0.5) is 10.1 Å². The first-order valence-electron chi connectivity index (χ1n) is 17.7. The summed E-state index contributed by atoms with van der Waals surface area (Å²) in [7, 11) is 2.07. The zero-order valence-corrected chi connectivity index (χ0v) is 28.6. The SMILES string of the molecule is CN(Cc1cc(F)c2c(c1)CN(C1CCC(=O)NC1=O)C2=O)C1CCN(c2ccc([C@@H]3c4ccc(O)cc4OC[C@@H]3c3ccccc3)cc2)CC1. The Hall–Kier alpha value is -5.22. The number of phenolic OH excluding ortho intramolecular Hbond substituents is 1. The molecule has 0 aliphatic carbocycles. The third-order valence-electron chi connectivity index (χ3n) is 11.2. The molecule has 4 aliphatic heterocycles. The molecule has 8 rings (SSSR count). The first kappa shape index (κ1) is 33.0. The van der Waals surface area contributed by atoms with Gasteiger partial charge < -0.3 is 19.6 Å². The first-order chi connectivity index (χ1) is 24.7. The molecule has 4 aliphatic rings. The van der Waals surface area contributed by atoms with Crippen molar-refractivity contribution in [1.29, 1.82) is 0 Å². The molecule has 4 aromatic carbocycles. The smallest absolute Gasteiger partial charge is 0.258 e. The Labute approximate surface area is 296 Å². The van der Waals surface area contributed by atoms with Gasteiger partial charge in [-0.1, -0.05) is 54.6 Å². The number of imide groups is 1. The molecular formula is C41H41FN4O5. The van der Waals surface area contributed by atoms with Gasteiger partial charge in [-0.25, -0.2) is 4.39 Å². The van der Waals surface area contributed by atoms with Crippen molar-refractivity contribution in [3.05, 3.63) is 124 Å². The summed E-state index contributed by atoms with van der Waals surface area (Å²) in [5.41, 5.74) is 6.10. The summed E-state index contributed by atoms with van der Waals surface area (Å²) in [5.74, 6) is -0.747. The van der Waals surface area contributed by atoms with Gasteiger partial charge in [-0.2, -0.15) is 0 Å². The average Bonchev–Trinajstić information content (AvgIpc) is 3.47. The average molecular weight is 689 g/mol. The minimum atomic E-state index is -0.769. The number of hydrogen-bond acceptors (Lipinski definition) is 7. The Balaban J connectivity index is 0.915. The van der Waals surface area contributed by atoms with Crippen LogP contribution in [0.25, 0.3) is 0 Å². The van der Waals surface area contributed by atoms with Gasteiger partial charge in [0, 0.05) is 67.8 Å². The van der Waals surface area contributed by atoms with Crippen LogP contribution in [0.5, 0.6) is 11.5 Å². The van der Waals surface area contributed by atoms with Crippen molar-refractivity contribution in [3.8, 4) is 11.5 Å². The van der Waals surface area contributed by atoms with Crippen LogP contribution in [0, 0.1) is 5.82 Å². The zero-order chi connectivity index (χ0) is 35.2. The van der Waals surface area contributed by atoms with Gasteiger partial charge in [-0.05, 0) is 72.8 Å². The molecule has 2 N–H and O–H groups in total. The number of amides is 3. The molecule has 9 nitrogen and oxygen atoms in total. The molecule has 51 heavy (non-hydrogen) atoms. The number of anilines is 1. The quantitative estimate of drug-likeness (QED) is 0.240. The second-order valence-corrected chi connectivity index (χ2v) is 14.3. The van der Waals surface area contributed by atoms with Gasteiger partial charge in [-0.3, -0.25) is 24.6 Å². The molecule has 2 fully saturated rings. The van der Waals surface area contributed by atoms with Crippen molar-refractivity contribution in [1.82, 2.24) is 15.1 Å². The number of nitrogens with zero attached hydrogens (tertiary/aromatic N) is 3. The van der Waals surface area contributed by atoms with Gasteiger partial charge in [0.25, 0.3) is 5.91 Å². The fourth-order valence-electron chi connectivity index (χ4n) is 8.48. The molecule has 0 spiro atoms. The van der Waals surface area contributed by atoms with E-state index in [4.69, 9.17) is 4.74 Å². The zero-order valence-electron chi connectivity index (χ0n) is 28.6. The van der Waals surface area contributed by atoms with Crippen LogP contribution in [0.2, 0.25) is 0 Å². The predicted octanol–water partition coefficient (Wildman–Crippen LogP) is 5.70. The summed E-state index contributed by atoms with van der Waals surface area (Å²) in [6, 6.07) is 27.6. The summed E-state index contributed by atoms with van der Waals surface area (Å²) in [5, 5.41) is 12.4. The minimum absolute atomic E-state index is 0.0290. The van der Waals surface area contributed by atoms with E-state index in [0.717, 1.165) is 42.8 Å². The summed E-state index contributed by atoms with van der Waals surface area (Å²) < 4.78 is 21.5. The van der Waals surface area contributed by atoms with Gasteiger partial charge in [0.05, 0.1) is 12.2 Å². The number of halogens is 1. The number of rotatable bonds is 7. The van der Waals surface area contributed by atoms with Gasteiger partial charge in [-0.15, -0.1) is 0 Å². The van der Waals surface area contributed by atoms with Crippen molar-refractivity contribution in [2.45, 2.75) is 62.7 Å². The highest BCUT2D eigenvalue weighted by atomic mass is 19.1. The highest BCUT2D eigenvalue weighted by molar-refractivity contribution is 6.05. The molecule has 262 valence electrons. The van der Waals surface area contributed by atoms with Crippen LogP contribution in [0.15, 0.2) is 84.9 Å². The number of carbonyl (C=O) groups excluding carboxylic acids is 3. The summed E-state index contributed by atoms with van der Waals surface area (Å²) in [6.07, 6.45) is 2.32. The molecule has 0 saturated carbocycles. The molecule has 4 heterocycles. The van der Waals surface area contributed by atoms with E-state index in [9.17, 15) is 19.5 Å². The Morgan fingerprint density at radius 3 is 2.43 bits per heavy atom. The molecule has 0 radical (unpaired) electrons. The Morgan fingerprint density at radius 1 is 0.922 bits per heavy atom. The van der Waals surface area contributed by atoms with Gasteiger partial charge >= 0.3 is 0 Å². The third-order valence-corrected chi connectivity index (χ3v) is 11.2. The van der Waals surface area contributed by atoms with E-state index in [1.807, 2.05) is 18.2 Å². The maximum Gasteiger partial charge on any atom is 0.258 e. The highest BCUT2D eigenvalue weighted by Gasteiger charge is 2.41. The van der Waals surface area contributed by atoms with E-state index in [1.165, 1.54) is 27.8 Å². The van der Waals surface area contributed by atoms with Crippen molar-refractivity contribution in [2.24, 2.45) is 0 Å². The van der Waals surface area contributed by atoms with Crippen LogP contribution in [0.3, 0.4) is 0 Å². The number of hydrogen-bond donors (Lipinski definition) is 2. The largest absolute Gasteiger partial charge is 0.508 e. The van der Waals surface area contributed by atoms with Crippen LogP contribution >= 0.6 is 0 Å². The summed E-state index contributed by atoms with van der Waals surface area (Å²) in [4.78, 5) is 43.2. The molecule has 0 bridgehead atoms. The number of phenols is 1. The lowest BCUT2D eigenvalue weighted by atomic mass is 9.76. The van der Waals surface area contributed by atoms with Crippen LogP contribution < -0.4 is 15.0 Å². The number of piperidine rings is 2. The highest BCUT2D eigenvalue weighted by Crippen LogP contribution is 2.47. The number of nitrogens with one attached hydrogen (secondary N) is 1. The lowest BCUT2D eigenvalue weighted by Crippen LogP contribution is -2.52. The third kappa shape index (κ3) is 6.33. The van der Waals surface area contributed by atoms with Crippen LogP contribution in [-0.4, -0.2) is 71.5 Å². The molecule has 2 saturated heterocycles. The maximum atomic E-state index is 15.3. The fourth-order valence-corrected chi connectivity index (χ4v) is 8.48. The molecule has 3 amide bonds. The molecule has 10 heteroatoms. The Kier molecular flexibility index (Phi) is 8.71. The van der Waals surface area contributed by atoms with Gasteiger partial charge in [0.15, 0.2) is 0 Å². The monoisotopic (exact) mass is 688 g/mol. The van der Waals surface area contributed by atoms with Crippen molar-refractivity contribution >= 4 is 23.4 Å². The topological polar surface area (TPSA) is 102 Å². The summed E-state index contributed by atoms with van der Waals surface area (Å²) >= 11 is 0. The molecule has 4 aromatic rings. The summed E-state index contributed by atoms with van der Waals surface area (Å²) in [6.45, 7) is 3.03. The molecular weight excluding hydrogens is 647 g/mol. The van der Waals surface area contributed by atoms with E-state index in [0.29, 0.717) is 24.8 Å². The molecule has 3 atom stereocenters. The number of benzene rings is 4. The molecule has 0 aromatic heterocycles. The second-order valence-electron chi connectivity index (χ2n) is 14.3. The van der Waals surface area contributed by atoms with E-state index in [1.54, 1.807) is 12.1 Å². The lowest BCUT2D eigenvalue weighted by Gasteiger charge is -2.38. The van der Waals surface area contributed by atoms with Crippen molar-refractivity contribution in [3.63, 3.8) is 0 Å². The fraction of sp³-hybridized carbons (Fsp3) is 0.341. The van der Waals surface area contributed by atoms with Crippen molar-refractivity contribution in [2.75, 3.05) is 31.6 Å². The normalized spacial score (nSPS) is 22.1. The van der Waals surface area contributed by atoms with Gasteiger partial charge in [0.1, 0.15) is 23.4 Å². The Bertz CT molecular complexity index is 1980.